The van der Waals surface area contributed by atoms with E-state index in [1.165, 1.54) is 0 Å². The maximum Gasteiger partial charge on any atom is 0.255 e. The zero-order valence-corrected chi connectivity index (χ0v) is 15.7. The molecule has 140 valence electrons. The van der Waals surface area contributed by atoms with E-state index < -0.39 is 0 Å². The van der Waals surface area contributed by atoms with Gasteiger partial charge >= 0.3 is 0 Å². The number of fused-ring (bicyclic) bond motifs is 1. The summed E-state index contributed by atoms with van der Waals surface area (Å²) in [4.78, 5) is 17.1. The number of amides is 1. The second kappa shape index (κ2) is 7.56. The van der Waals surface area contributed by atoms with Crippen molar-refractivity contribution in [2.75, 3.05) is 11.9 Å². The summed E-state index contributed by atoms with van der Waals surface area (Å²) >= 11 is 0. The highest BCUT2D eigenvalue weighted by atomic mass is 16.5. The molecule has 1 heterocycles. The Kier molecular flexibility index (Phi) is 4.81. The first-order chi connectivity index (χ1) is 13.6. The summed E-state index contributed by atoms with van der Waals surface area (Å²) in [7, 11) is 0. The van der Waals surface area contributed by atoms with Gasteiger partial charge in [0.2, 0.25) is 5.89 Å². The Morgan fingerprint density at radius 1 is 1.07 bits per heavy atom. The molecule has 0 radical (unpaired) electrons. The van der Waals surface area contributed by atoms with E-state index in [1.54, 1.807) is 18.2 Å². The minimum atomic E-state index is -0.202. The Bertz CT molecular complexity index is 1150. The maximum atomic E-state index is 12.6. The minimum Gasteiger partial charge on any atom is -0.494 e. The smallest absolute Gasteiger partial charge is 0.255 e. The molecule has 3 aromatic carbocycles. The molecular formula is C23H20N2O3. The number of aryl methyl sites for hydroxylation is 1. The number of anilines is 1. The van der Waals surface area contributed by atoms with Crippen LogP contribution in [0.15, 0.2) is 71.1 Å². The fourth-order valence-corrected chi connectivity index (χ4v) is 2.99. The van der Waals surface area contributed by atoms with Crippen LogP contribution in [0.5, 0.6) is 5.75 Å². The molecule has 5 nitrogen and oxygen atoms in total. The quantitative estimate of drug-likeness (QED) is 0.506. The van der Waals surface area contributed by atoms with Gasteiger partial charge in [-0.3, -0.25) is 4.79 Å². The van der Waals surface area contributed by atoms with Gasteiger partial charge in [-0.05, 0) is 67.9 Å². The van der Waals surface area contributed by atoms with Crippen LogP contribution in [-0.2, 0) is 0 Å². The summed E-state index contributed by atoms with van der Waals surface area (Å²) in [6, 6.07) is 20.5. The molecule has 0 bridgehead atoms. The van der Waals surface area contributed by atoms with Crippen molar-refractivity contribution >= 4 is 22.7 Å². The van der Waals surface area contributed by atoms with Gasteiger partial charge in [-0.15, -0.1) is 0 Å². The molecule has 0 saturated carbocycles. The number of benzene rings is 3. The molecule has 0 fully saturated rings. The van der Waals surface area contributed by atoms with E-state index in [4.69, 9.17) is 9.15 Å². The van der Waals surface area contributed by atoms with Crippen LogP contribution in [0.2, 0.25) is 0 Å². The molecule has 0 unspecified atom stereocenters. The Morgan fingerprint density at radius 2 is 1.93 bits per heavy atom. The van der Waals surface area contributed by atoms with E-state index in [0.29, 0.717) is 29.5 Å². The highest BCUT2D eigenvalue weighted by Gasteiger charge is 2.11. The Hall–Kier alpha value is -3.60. The molecule has 5 heteroatoms. The van der Waals surface area contributed by atoms with Crippen LogP contribution in [0, 0.1) is 6.92 Å². The van der Waals surface area contributed by atoms with Crippen molar-refractivity contribution < 1.29 is 13.9 Å². The van der Waals surface area contributed by atoms with Crippen molar-refractivity contribution in [3.05, 3.63) is 77.9 Å². The molecule has 1 amide bonds. The fourth-order valence-electron chi connectivity index (χ4n) is 2.99. The molecule has 0 saturated heterocycles. The van der Waals surface area contributed by atoms with Gasteiger partial charge in [0.05, 0.1) is 6.61 Å². The first kappa shape index (κ1) is 17.8. The molecule has 0 aliphatic rings. The van der Waals surface area contributed by atoms with Gasteiger partial charge in [0.25, 0.3) is 5.91 Å². The lowest BCUT2D eigenvalue weighted by molar-refractivity contribution is 0.102. The Morgan fingerprint density at radius 3 is 2.79 bits per heavy atom. The number of carbonyl (C=O) groups is 1. The molecule has 0 atom stereocenters. The van der Waals surface area contributed by atoms with Crippen LogP contribution in [0.3, 0.4) is 0 Å². The lowest BCUT2D eigenvalue weighted by atomic mass is 10.1. The monoisotopic (exact) mass is 372 g/mol. The van der Waals surface area contributed by atoms with Crippen LogP contribution < -0.4 is 10.1 Å². The third kappa shape index (κ3) is 3.74. The summed E-state index contributed by atoms with van der Waals surface area (Å²) in [5.74, 6) is 0.993. The fraction of sp³-hybridized carbons (Fsp3) is 0.130. The third-order valence-electron chi connectivity index (χ3n) is 4.32. The number of nitrogens with one attached hydrogen (secondary N) is 1. The van der Waals surface area contributed by atoms with E-state index in [2.05, 4.69) is 10.3 Å². The standard InChI is InChI=1S/C23H20N2O3/c1-3-27-19-9-5-6-16(14-19)22(26)24-18-8-4-7-17(13-18)23-25-20-12-15(2)10-11-21(20)28-23/h4-14H,3H2,1-2H3,(H,24,26). The molecule has 4 rings (SSSR count). The number of nitrogens with zero attached hydrogens (tertiary/aromatic N) is 1. The van der Waals surface area contributed by atoms with Gasteiger partial charge in [-0.1, -0.05) is 18.2 Å². The SMILES string of the molecule is CCOc1cccc(C(=O)Nc2cccc(-c3nc4cc(C)ccc4o3)c2)c1. The van der Waals surface area contributed by atoms with Crippen molar-refractivity contribution in [2.45, 2.75) is 13.8 Å². The maximum absolute atomic E-state index is 12.6. The molecule has 0 aliphatic heterocycles. The predicted octanol–water partition coefficient (Wildman–Crippen LogP) is 5.45. The Balaban J connectivity index is 1.58. The molecule has 28 heavy (non-hydrogen) atoms. The number of oxazole rings is 1. The second-order valence-corrected chi connectivity index (χ2v) is 6.49. The third-order valence-corrected chi connectivity index (χ3v) is 4.32. The number of carbonyl (C=O) groups excluding carboxylic acids is 1. The van der Waals surface area contributed by atoms with Gasteiger partial charge in [0, 0.05) is 16.8 Å². The van der Waals surface area contributed by atoms with Crippen molar-refractivity contribution in [1.82, 2.24) is 4.98 Å². The zero-order chi connectivity index (χ0) is 19.5. The Labute approximate surface area is 163 Å². The van der Waals surface area contributed by atoms with Crippen LogP contribution >= 0.6 is 0 Å². The zero-order valence-electron chi connectivity index (χ0n) is 15.7. The van der Waals surface area contributed by atoms with Crippen molar-refractivity contribution in [3.63, 3.8) is 0 Å². The van der Waals surface area contributed by atoms with Crippen LogP contribution in [0.25, 0.3) is 22.6 Å². The normalized spacial score (nSPS) is 10.8. The van der Waals surface area contributed by atoms with E-state index >= 15 is 0 Å². The van der Waals surface area contributed by atoms with Gasteiger partial charge in [0.1, 0.15) is 11.3 Å². The van der Waals surface area contributed by atoms with E-state index in [1.807, 2.05) is 62.4 Å². The van der Waals surface area contributed by atoms with E-state index in [9.17, 15) is 4.79 Å². The first-order valence-corrected chi connectivity index (χ1v) is 9.14. The second-order valence-electron chi connectivity index (χ2n) is 6.49. The van der Waals surface area contributed by atoms with Gasteiger partial charge in [0.15, 0.2) is 5.58 Å². The van der Waals surface area contributed by atoms with Crippen molar-refractivity contribution in [2.24, 2.45) is 0 Å². The van der Waals surface area contributed by atoms with E-state index in [0.717, 1.165) is 22.2 Å². The summed E-state index contributed by atoms with van der Waals surface area (Å²) in [5.41, 5.74) is 4.69. The highest BCUT2D eigenvalue weighted by molar-refractivity contribution is 6.04. The van der Waals surface area contributed by atoms with E-state index in [-0.39, 0.29) is 5.91 Å². The van der Waals surface area contributed by atoms with Crippen molar-refractivity contribution in [3.8, 4) is 17.2 Å². The minimum absolute atomic E-state index is 0.202. The molecule has 1 N–H and O–H groups in total. The topological polar surface area (TPSA) is 64.4 Å². The van der Waals surface area contributed by atoms with Crippen LogP contribution in [-0.4, -0.2) is 17.5 Å². The molecule has 1 aromatic heterocycles. The lowest BCUT2D eigenvalue weighted by Crippen LogP contribution is -2.12. The number of hydrogen-bond acceptors (Lipinski definition) is 4. The summed E-state index contributed by atoms with van der Waals surface area (Å²) < 4.78 is 11.3. The molecular weight excluding hydrogens is 352 g/mol. The largest absolute Gasteiger partial charge is 0.494 e. The molecule has 0 aliphatic carbocycles. The van der Waals surface area contributed by atoms with Gasteiger partial charge in [-0.25, -0.2) is 4.98 Å². The van der Waals surface area contributed by atoms with Gasteiger partial charge < -0.3 is 14.5 Å². The van der Waals surface area contributed by atoms with Crippen molar-refractivity contribution in [1.29, 1.82) is 0 Å². The average Bonchev–Trinajstić information content (AvgIpc) is 3.12. The van der Waals surface area contributed by atoms with Crippen LogP contribution in [0.4, 0.5) is 5.69 Å². The average molecular weight is 372 g/mol. The highest BCUT2D eigenvalue weighted by Crippen LogP contribution is 2.27. The number of rotatable bonds is 5. The molecule has 0 spiro atoms. The summed E-state index contributed by atoms with van der Waals surface area (Å²) in [5, 5.41) is 2.92. The number of aromatic nitrogens is 1. The lowest BCUT2D eigenvalue weighted by Gasteiger charge is -2.08. The first-order valence-electron chi connectivity index (χ1n) is 9.14. The predicted molar refractivity (Wildman–Crippen MR) is 110 cm³/mol. The van der Waals surface area contributed by atoms with Crippen LogP contribution in [0.1, 0.15) is 22.8 Å². The number of ether oxygens (including phenoxy) is 1. The summed E-state index contributed by atoms with van der Waals surface area (Å²) in [6.07, 6.45) is 0. The summed E-state index contributed by atoms with van der Waals surface area (Å²) in [6.45, 7) is 4.48. The van der Waals surface area contributed by atoms with Gasteiger partial charge in [-0.2, -0.15) is 0 Å². The number of hydrogen-bond donors (Lipinski definition) is 1. The molecule has 4 aromatic rings.